The van der Waals surface area contributed by atoms with Gasteiger partial charge in [-0.2, -0.15) is 11.3 Å². The third kappa shape index (κ3) is 3.39. The van der Waals surface area contributed by atoms with Crippen LogP contribution in [0.4, 0.5) is 0 Å². The van der Waals surface area contributed by atoms with Gasteiger partial charge >= 0.3 is 0 Å². The van der Waals surface area contributed by atoms with Gasteiger partial charge in [0.2, 0.25) is 0 Å². The Labute approximate surface area is 133 Å². The van der Waals surface area contributed by atoms with Crippen LogP contribution in [0.25, 0.3) is 0 Å². The van der Waals surface area contributed by atoms with Crippen LogP contribution in [0.3, 0.4) is 0 Å². The van der Waals surface area contributed by atoms with Crippen molar-refractivity contribution < 1.29 is 9.53 Å². The third-order valence-electron chi connectivity index (χ3n) is 3.63. The molecule has 0 N–H and O–H groups in total. The van der Waals surface area contributed by atoms with Crippen molar-refractivity contribution in [2.75, 3.05) is 13.1 Å². The number of nitrogens with zero attached hydrogens (tertiary/aromatic N) is 1. The molecule has 1 aliphatic heterocycles. The number of carbonyl (C=O) groups excluding carboxylic acids is 1. The van der Waals surface area contributed by atoms with Crippen molar-refractivity contribution in [1.29, 1.82) is 0 Å². The Balaban J connectivity index is 1.56. The number of hydrogen-bond acceptors (Lipinski definition) is 3. The molecule has 2 aromatic rings. The van der Waals surface area contributed by atoms with E-state index in [1.54, 1.807) is 11.3 Å². The molecule has 0 spiro atoms. The number of para-hydroxylation sites is 1. The van der Waals surface area contributed by atoms with Crippen LogP contribution in [0.1, 0.15) is 23.2 Å². The Morgan fingerprint density at radius 2 is 2.00 bits per heavy atom. The normalized spacial score (nSPS) is 16.0. The minimum Gasteiger partial charge on any atom is -0.489 e. The number of amides is 1. The van der Waals surface area contributed by atoms with E-state index < -0.39 is 0 Å². The molecular weight excluding hydrogens is 306 g/mol. The maximum Gasteiger partial charge on any atom is 0.254 e. The van der Waals surface area contributed by atoms with Crippen LogP contribution in [0.2, 0.25) is 5.02 Å². The predicted octanol–water partition coefficient (Wildman–Crippen LogP) is 4.09. The first kappa shape index (κ1) is 14.4. The maximum atomic E-state index is 12.3. The lowest BCUT2D eigenvalue weighted by molar-refractivity contribution is 0.0596. The summed E-state index contributed by atoms with van der Waals surface area (Å²) in [5.41, 5.74) is 0.783. The fourth-order valence-corrected chi connectivity index (χ4v) is 3.28. The molecule has 1 amide bonds. The number of piperidine rings is 1. The van der Waals surface area contributed by atoms with Crippen molar-refractivity contribution >= 4 is 28.8 Å². The van der Waals surface area contributed by atoms with Gasteiger partial charge in [-0.15, -0.1) is 0 Å². The van der Waals surface area contributed by atoms with Crippen molar-refractivity contribution in [3.05, 3.63) is 51.7 Å². The number of rotatable bonds is 3. The third-order valence-corrected chi connectivity index (χ3v) is 4.62. The highest BCUT2D eigenvalue weighted by molar-refractivity contribution is 7.08. The summed E-state index contributed by atoms with van der Waals surface area (Å²) in [6, 6.07) is 9.38. The van der Waals surface area contributed by atoms with Crippen molar-refractivity contribution in [2.45, 2.75) is 18.9 Å². The molecule has 1 aromatic heterocycles. The SMILES string of the molecule is O=C(c1ccsc1)N1CCC(Oc2ccccc2Cl)CC1. The van der Waals surface area contributed by atoms with Gasteiger partial charge in [0.15, 0.2) is 0 Å². The number of likely N-dealkylation sites (tertiary alicyclic amines) is 1. The second kappa shape index (κ2) is 6.50. The maximum absolute atomic E-state index is 12.3. The largest absolute Gasteiger partial charge is 0.489 e. The molecule has 3 nitrogen and oxygen atoms in total. The quantitative estimate of drug-likeness (QED) is 0.852. The van der Waals surface area contributed by atoms with Crippen molar-refractivity contribution in [2.24, 2.45) is 0 Å². The lowest BCUT2D eigenvalue weighted by Crippen LogP contribution is -2.41. The zero-order chi connectivity index (χ0) is 14.7. The molecule has 0 unspecified atom stereocenters. The number of hydrogen-bond donors (Lipinski definition) is 0. The average molecular weight is 322 g/mol. The number of carbonyl (C=O) groups is 1. The summed E-state index contributed by atoms with van der Waals surface area (Å²) in [6.45, 7) is 1.45. The smallest absolute Gasteiger partial charge is 0.254 e. The van der Waals surface area contributed by atoms with E-state index in [1.165, 1.54) is 0 Å². The first-order chi connectivity index (χ1) is 10.2. The zero-order valence-electron chi connectivity index (χ0n) is 11.5. The van der Waals surface area contributed by atoms with Gasteiger partial charge in [-0.3, -0.25) is 4.79 Å². The van der Waals surface area contributed by atoms with E-state index in [-0.39, 0.29) is 12.0 Å². The van der Waals surface area contributed by atoms with Gasteiger partial charge in [0, 0.05) is 31.3 Å². The fourth-order valence-electron chi connectivity index (χ4n) is 2.47. The zero-order valence-corrected chi connectivity index (χ0v) is 13.1. The van der Waals surface area contributed by atoms with E-state index >= 15 is 0 Å². The Hall–Kier alpha value is -1.52. The highest BCUT2D eigenvalue weighted by atomic mass is 35.5. The van der Waals surface area contributed by atoms with Crippen LogP contribution in [0, 0.1) is 0 Å². The lowest BCUT2D eigenvalue weighted by Gasteiger charge is -2.32. The molecule has 0 atom stereocenters. The molecule has 0 aliphatic carbocycles. The van der Waals surface area contributed by atoms with Crippen LogP contribution < -0.4 is 4.74 Å². The highest BCUT2D eigenvalue weighted by Gasteiger charge is 2.25. The Bertz CT molecular complexity index is 606. The molecule has 0 radical (unpaired) electrons. The monoisotopic (exact) mass is 321 g/mol. The molecule has 2 heterocycles. The summed E-state index contributed by atoms with van der Waals surface area (Å²) < 4.78 is 5.94. The highest BCUT2D eigenvalue weighted by Crippen LogP contribution is 2.27. The van der Waals surface area contributed by atoms with E-state index in [0.29, 0.717) is 5.02 Å². The van der Waals surface area contributed by atoms with Crippen molar-refractivity contribution in [3.8, 4) is 5.75 Å². The first-order valence-corrected chi connectivity index (χ1v) is 8.29. The fraction of sp³-hybridized carbons (Fsp3) is 0.312. The number of benzene rings is 1. The van der Waals surface area contributed by atoms with Gasteiger partial charge in [0.25, 0.3) is 5.91 Å². The van der Waals surface area contributed by atoms with Crippen LogP contribution in [0.15, 0.2) is 41.1 Å². The number of halogens is 1. The Morgan fingerprint density at radius 3 is 2.67 bits per heavy atom. The molecule has 1 fully saturated rings. The molecule has 21 heavy (non-hydrogen) atoms. The van der Waals surface area contributed by atoms with E-state index in [1.807, 2.05) is 46.0 Å². The summed E-state index contributed by atoms with van der Waals surface area (Å²) in [7, 11) is 0. The summed E-state index contributed by atoms with van der Waals surface area (Å²) in [4.78, 5) is 14.1. The molecule has 1 aromatic carbocycles. The van der Waals surface area contributed by atoms with E-state index in [4.69, 9.17) is 16.3 Å². The molecule has 110 valence electrons. The van der Waals surface area contributed by atoms with Crippen LogP contribution in [-0.4, -0.2) is 30.0 Å². The van der Waals surface area contributed by atoms with Crippen LogP contribution in [-0.2, 0) is 0 Å². The van der Waals surface area contributed by atoms with Crippen molar-refractivity contribution in [1.82, 2.24) is 4.90 Å². The van der Waals surface area contributed by atoms with Gasteiger partial charge in [-0.05, 0) is 23.6 Å². The molecular formula is C16H16ClNO2S. The summed E-state index contributed by atoms with van der Waals surface area (Å²) in [6.07, 6.45) is 1.79. The summed E-state index contributed by atoms with van der Waals surface area (Å²) in [5, 5.41) is 4.46. The first-order valence-electron chi connectivity index (χ1n) is 6.96. The lowest BCUT2D eigenvalue weighted by atomic mass is 10.1. The second-order valence-electron chi connectivity index (χ2n) is 5.05. The van der Waals surface area contributed by atoms with Gasteiger partial charge in [-0.25, -0.2) is 0 Å². The predicted molar refractivity (Wildman–Crippen MR) is 85.3 cm³/mol. The second-order valence-corrected chi connectivity index (χ2v) is 6.24. The summed E-state index contributed by atoms with van der Waals surface area (Å²) >= 11 is 7.65. The molecule has 5 heteroatoms. The summed E-state index contributed by atoms with van der Waals surface area (Å²) in [5.74, 6) is 0.842. The Kier molecular flexibility index (Phi) is 4.46. The van der Waals surface area contributed by atoms with E-state index in [0.717, 1.165) is 37.2 Å². The number of ether oxygens (including phenoxy) is 1. The standard InChI is InChI=1S/C16H16ClNO2S/c17-14-3-1-2-4-15(14)20-13-5-8-18(9-6-13)16(19)12-7-10-21-11-12/h1-4,7,10-11,13H,5-6,8-9H2. The molecule has 0 bridgehead atoms. The minimum absolute atomic E-state index is 0.118. The Morgan fingerprint density at radius 1 is 1.24 bits per heavy atom. The van der Waals surface area contributed by atoms with Gasteiger partial charge < -0.3 is 9.64 Å². The topological polar surface area (TPSA) is 29.5 Å². The average Bonchev–Trinajstić information content (AvgIpc) is 3.04. The van der Waals surface area contributed by atoms with Crippen LogP contribution in [0.5, 0.6) is 5.75 Å². The molecule has 1 aliphatic rings. The number of thiophene rings is 1. The van der Waals surface area contributed by atoms with E-state index in [2.05, 4.69) is 0 Å². The van der Waals surface area contributed by atoms with Gasteiger partial charge in [-0.1, -0.05) is 23.7 Å². The minimum atomic E-state index is 0.118. The van der Waals surface area contributed by atoms with Gasteiger partial charge in [0.1, 0.15) is 11.9 Å². The molecule has 3 rings (SSSR count). The van der Waals surface area contributed by atoms with Gasteiger partial charge in [0.05, 0.1) is 10.6 Å². The van der Waals surface area contributed by atoms with Crippen LogP contribution >= 0.6 is 22.9 Å². The van der Waals surface area contributed by atoms with E-state index in [9.17, 15) is 4.79 Å². The van der Waals surface area contributed by atoms with Crippen molar-refractivity contribution in [3.63, 3.8) is 0 Å². The molecule has 0 saturated carbocycles. The molecule has 1 saturated heterocycles.